The van der Waals surface area contributed by atoms with Crippen molar-refractivity contribution in [3.05, 3.63) is 12.2 Å². The zero-order chi connectivity index (χ0) is 20.7. The fraction of sp³-hybridized carbons (Fsp3) is 0.850. The van der Waals surface area contributed by atoms with Crippen LogP contribution in [0.1, 0.15) is 77.6 Å². The van der Waals surface area contributed by atoms with Crippen molar-refractivity contribution in [1.29, 1.82) is 0 Å². The fourth-order valence-electron chi connectivity index (χ4n) is 2.86. The minimum atomic E-state index is -1.74. The summed E-state index contributed by atoms with van der Waals surface area (Å²) in [5.41, 5.74) is 5.22. The SMILES string of the molecule is CCCCCCC(O)CCCCCC/C=C/[C@@H](O)[C@H](O)[C@@H](O)[C@@H](N)C(=O)O. The van der Waals surface area contributed by atoms with Gasteiger partial charge in [-0.2, -0.15) is 0 Å². The molecule has 0 aliphatic heterocycles. The van der Waals surface area contributed by atoms with E-state index in [1.54, 1.807) is 6.08 Å². The Morgan fingerprint density at radius 1 is 0.889 bits per heavy atom. The molecular formula is C20H39NO6. The maximum absolute atomic E-state index is 10.7. The molecule has 0 spiro atoms. The maximum Gasteiger partial charge on any atom is 0.323 e. The van der Waals surface area contributed by atoms with Crippen LogP contribution in [-0.2, 0) is 4.79 Å². The Bertz CT molecular complexity index is 404. The van der Waals surface area contributed by atoms with Crippen LogP contribution < -0.4 is 5.73 Å². The molecule has 27 heavy (non-hydrogen) atoms. The number of carboxylic acids is 1. The standard InChI is InChI=1S/C20H39NO6/c1-2-3-4-9-12-15(22)13-10-7-5-6-8-11-14-16(23)18(24)19(25)17(21)20(26)27/h11,14-19,22-25H,2-10,12-13,21H2,1H3,(H,26,27)/b14-11+/t15?,16-,17-,18+,19+/m1/s1. The number of allylic oxidation sites excluding steroid dienone is 1. The van der Waals surface area contributed by atoms with E-state index >= 15 is 0 Å². The van der Waals surface area contributed by atoms with E-state index in [1.807, 2.05) is 0 Å². The zero-order valence-corrected chi connectivity index (χ0v) is 16.5. The Labute approximate surface area is 162 Å². The first kappa shape index (κ1) is 26.0. The largest absolute Gasteiger partial charge is 0.480 e. The molecule has 0 saturated carbocycles. The van der Waals surface area contributed by atoms with Crippen molar-refractivity contribution in [2.75, 3.05) is 0 Å². The number of aliphatic carboxylic acids is 1. The summed E-state index contributed by atoms with van der Waals surface area (Å²) in [7, 11) is 0. The van der Waals surface area contributed by atoms with Crippen molar-refractivity contribution in [3.8, 4) is 0 Å². The highest BCUT2D eigenvalue weighted by Crippen LogP contribution is 2.13. The van der Waals surface area contributed by atoms with Crippen LogP contribution in [0, 0.1) is 0 Å². The van der Waals surface area contributed by atoms with Crippen molar-refractivity contribution < 1.29 is 30.3 Å². The predicted molar refractivity (Wildman–Crippen MR) is 105 cm³/mol. The van der Waals surface area contributed by atoms with Crippen LogP contribution in [0.15, 0.2) is 12.2 Å². The summed E-state index contributed by atoms with van der Waals surface area (Å²) < 4.78 is 0. The molecule has 5 atom stereocenters. The second-order valence-electron chi connectivity index (χ2n) is 7.26. The van der Waals surface area contributed by atoms with Gasteiger partial charge in [-0.3, -0.25) is 4.79 Å². The topological polar surface area (TPSA) is 144 Å². The second-order valence-corrected chi connectivity index (χ2v) is 7.26. The Balaban J connectivity index is 3.75. The van der Waals surface area contributed by atoms with Gasteiger partial charge in [0.1, 0.15) is 24.4 Å². The molecule has 0 aromatic carbocycles. The lowest BCUT2D eigenvalue weighted by Gasteiger charge is -2.23. The fourth-order valence-corrected chi connectivity index (χ4v) is 2.86. The monoisotopic (exact) mass is 389 g/mol. The normalized spacial score (nSPS) is 17.6. The van der Waals surface area contributed by atoms with E-state index < -0.39 is 30.3 Å². The quantitative estimate of drug-likeness (QED) is 0.164. The molecule has 0 aromatic rings. The number of hydrogen-bond donors (Lipinski definition) is 6. The third-order valence-electron chi connectivity index (χ3n) is 4.74. The maximum atomic E-state index is 10.7. The predicted octanol–water partition coefficient (Wildman–Crippen LogP) is 1.71. The molecule has 0 aromatic heterocycles. The lowest BCUT2D eigenvalue weighted by atomic mass is 10.0. The van der Waals surface area contributed by atoms with Gasteiger partial charge in [-0.1, -0.05) is 64.0 Å². The molecular weight excluding hydrogens is 350 g/mol. The van der Waals surface area contributed by atoms with E-state index in [0.717, 1.165) is 44.9 Å². The lowest BCUT2D eigenvalue weighted by Crippen LogP contribution is -2.51. The third kappa shape index (κ3) is 12.9. The van der Waals surface area contributed by atoms with Crippen molar-refractivity contribution in [2.24, 2.45) is 5.73 Å². The van der Waals surface area contributed by atoms with Gasteiger partial charge < -0.3 is 31.3 Å². The Kier molecular flexibility index (Phi) is 15.4. The molecule has 7 heteroatoms. The van der Waals surface area contributed by atoms with E-state index in [1.165, 1.54) is 25.3 Å². The number of carboxylic acid groups (broad SMARTS) is 1. The van der Waals surface area contributed by atoms with Gasteiger partial charge in [0.25, 0.3) is 0 Å². The number of rotatable bonds is 17. The minimum Gasteiger partial charge on any atom is -0.480 e. The first-order valence-corrected chi connectivity index (χ1v) is 10.2. The summed E-state index contributed by atoms with van der Waals surface area (Å²) >= 11 is 0. The van der Waals surface area contributed by atoms with Gasteiger partial charge >= 0.3 is 5.97 Å². The van der Waals surface area contributed by atoms with E-state index in [2.05, 4.69) is 6.92 Å². The average Bonchev–Trinajstić information content (AvgIpc) is 2.65. The smallest absolute Gasteiger partial charge is 0.323 e. The van der Waals surface area contributed by atoms with Gasteiger partial charge in [0.05, 0.1) is 6.10 Å². The summed E-state index contributed by atoms with van der Waals surface area (Å²) in [6.45, 7) is 2.17. The van der Waals surface area contributed by atoms with Crippen molar-refractivity contribution in [2.45, 2.75) is 108 Å². The first-order chi connectivity index (χ1) is 12.8. The van der Waals surface area contributed by atoms with Gasteiger partial charge in [-0.25, -0.2) is 0 Å². The molecule has 0 amide bonds. The molecule has 1 unspecified atom stereocenters. The summed E-state index contributed by atoms with van der Waals surface area (Å²) in [5.74, 6) is -1.44. The summed E-state index contributed by atoms with van der Waals surface area (Å²) in [5, 5.41) is 47.6. The van der Waals surface area contributed by atoms with Gasteiger partial charge in [-0.05, 0) is 25.7 Å². The highest BCUT2D eigenvalue weighted by Gasteiger charge is 2.32. The Morgan fingerprint density at radius 2 is 1.44 bits per heavy atom. The average molecular weight is 390 g/mol. The number of unbranched alkanes of at least 4 members (excludes halogenated alkanes) is 7. The van der Waals surface area contributed by atoms with Crippen LogP contribution >= 0.6 is 0 Å². The van der Waals surface area contributed by atoms with Crippen molar-refractivity contribution >= 4 is 5.97 Å². The Morgan fingerprint density at radius 3 is 2.00 bits per heavy atom. The number of carbonyl (C=O) groups is 1. The molecule has 7 nitrogen and oxygen atoms in total. The molecule has 0 heterocycles. The second kappa shape index (κ2) is 16.0. The van der Waals surface area contributed by atoms with E-state index in [-0.39, 0.29) is 6.10 Å². The zero-order valence-electron chi connectivity index (χ0n) is 16.5. The highest BCUT2D eigenvalue weighted by molar-refractivity contribution is 5.74. The summed E-state index contributed by atoms with van der Waals surface area (Å²) in [6, 6.07) is -1.65. The molecule has 0 aliphatic rings. The van der Waals surface area contributed by atoms with Crippen LogP contribution in [0.4, 0.5) is 0 Å². The Hall–Kier alpha value is -0.990. The number of aliphatic hydroxyl groups is 4. The van der Waals surface area contributed by atoms with E-state index in [4.69, 9.17) is 10.8 Å². The number of nitrogens with two attached hydrogens (primary N) is 1. The van der Waals surface area contributed by atoms with Crippen LogP contribution in [0.2, 0.25) is 0 Å². The van der Waals surface area contributed by atoms with Gasteiger partial charge in [0.2, 0.25) is 0 Å². The molecule has 0 radical (unpaired) electrons. The third-order valence-corrected chi connectivity index (χ3v) is 4.74. The molecule has 0 aliphatic carbocycles. The summed E-state index contributed by atoms with van der Waals surface area (Å²) in [4.78, 5) is 10.7. The number of hydrogen-bond acceptors (Lipinski definition) is 6. The molecule has 0 rings (SSSR count). The lowest BCUT2D eigenvalue weighted by molar-refractivity contribution is -0.145. The van der Waals surface area contributed by atoms with Crippen molar-refractivity contribution in [1.82, 2.24) is 0 Å². The van der Waals surface area contributed by atoms with Crippen LogP contribution in [0.3, 0.4) is 0 Å². The van der Waals surface area contributed by atoms with Crippen LogP contribution in [0.5, 0.6) is 0 Å². The van der Waals surface area contributed by atoms with Crippen molar-refractivity contribution in [3.63, 3.8) is 0 Å². The first-order valence-electron chi connectivity index (χ1n) is 10.2. The van der Waals surface area contributed by atoms with Gasteiger partial charge in [-0.15, -0.1) is 0 Å². The molecule has 0 fully saturated rings. The van der Waals surface area contributed by atoms with Crippen LogP contribution in [-0.4, -0.2) is 62.0 Å². The minimum absolute atomic E-state index is 0.193. The number of aliphatic hydroxyl groups excluding tert-OH is 4. The van der Waals surface area contributed by atoms with Gasteiger partial charge in [0, 0.05) is 0 Å². The molecule has 7 N–H and O–H groups in total. The molecule has 160 valence electrons. The molecule has 0 bridgehead atoms. The summed E-state index contributed by atoms with van der Waals surface area (Å²) in [6.07, 6.45) is 9.25. The van der Waals surface area contributed by atoms with Crippen LogP contribution in [0.25, 0.3) is 0 Å². The van der Waals surface area contributed by atoms with E-state index in [0.29, 0.717) is 6.42 Å². The van der Waals surface area contributed by atoms with Gasteiger partial charge in [0.15, 0.2) is 0 Å². The highest BCUT2D eigenvalue weighted by atomic mass is 16.4. The molecule has 0 saturated heterocycles. The van der Waals surface area contributed by atoms with E-state index in [9.17, 15) is 25.2 Å².